The van der Waals surface area contributed by atoms with E-state index < -0.39 is 23.4 Å². The van der Waals surface area contributed by atoms with Crippen molar-refractivity contribution in [2.75, 3.05) is 20.7 Å². The molecule has 1 atom stereocenters. The third kappa shape index (κ3) is 4.86. The first kappa shape index (κ1) is 22.3. The van der Waals surface area contributed by atoms with E-state index in [-0.39, 0.29) is 6.54 Å². The van der Waals surface area contributed by atoms with E-state index in [0.717, 1.165) is 17.0 Å². The van der Waals surface area contributed by atoms with E-state index in [1.165, 1.54) is 5.56 Å². The van der Waals surface area contributed by atoms with Gasteiger partial charge >= 0.3 is 6.03 Å². The fourth-order valence-corrected chi connectivity index (χ4v) is 3.51. The van der Waals surface area contributed by atoms with Gasteiger partial charge < -0.3 is 10.1 Å². The lowest BCUT2D eigenvalue weighted by Gasteiger charge is -2.23. The van der Waals surface area contributed by atoms with Gasteiger partial charge in [0.05, 0.1) is 13.7 Å². The normalized spacial score (nSPS) is 18.3. The molecule has 0 spiro atoms. The van der Waals surface area contributed by atoms with Crippen molar-refractivity contribution < 1.29 is 19.1 Å². The Morgan fingerprint density at radius 2 is 1.71 bits per heavy atom. The summed E-state index contributed by atoms with van der Waals surface area (Å²) >= 11 is 0. The smallest absolute Gasteiger partial charge is 0.344 e. The van der Waals surface area contributed by atoms with Crippen LogP contribution in [0.1, 0.15) is 30.5 Å². The molecule has 1 heterocycles. The molecule has 3 rings (SSSR count). The number of methoxy groups -OCH3 is 1. The number of carbonyl (C=O) groups is 3. The average molecular weight is 425 g/mol. The molecular formula is C23H28N4O4. The highest BCUT2D eigenvalue weighted by atomic mass is 16.5. The molecule has 2 aromatic carbocycles. The van der Waals surface area contributed by atoms with Crippen LogP contribution in [0, 0.1) is 0 Å². The van der Waals surface area contributed by atoms with Gasteiger partial charge in [-0.25, -0.2) is 4.79 Å². The van der Waals surface area contributed by atoms with Crippen molar-refractivity contribution in [1.29, 1.82) is 0 Å². The molecule has 0 bridgehead atoms. The van der Waals surface area contributed by atoms with Gasteiger partial charge in [-0.2, -0.15) is 5.01 Å². The summed E-state index contributed by atoms with van der Waals surface area (Å²) in [6, 6.07) is 14.4. The van der Waals surface area contributed by atoms with Crippen LogP contribution in [0.5, 0.6) is 5.75 Å². The Morgan fingerprint density at radius 3 is 2.29 bits per heavy atom. The fourth-order valence-electron chi connectivity index (χ4n) is 3.51. The summed E-state index contributed by atoms with van der Waals surface area (Å²) in [5.41, 5.74) is 4.08. The van der Waals surface area contributed by atoms with Crippen molar-refractivity contribution in [2.24, 2.45) is 0 Å². The van der Waals surface area contributed by atoms with Gasteiger partial charge in [0, 0.05) is 6.54 Å². The Balaban J connectivity index is 1.61. The third-order valence-corrected chi connectivity index (χ3v) is 5.39. The van der Waals surface area contributed by atoms with Gasteiger partial charge in [0.1, 0.15) is 11.3 Å². The van der Waals surface area contributed by atoms with Crippen molar-refractivity contribution in [3.63, 3.8) is 0 Å². The second-order valence-corrected chi connectivity index (χ2v) is 7.80. The van der Waals surface area contributed by atoms with Crippen LogP contribution in [0.15, 0.2) is 48.5 Å². The van der Waals surface area contributed by atoms with E-state index in [0.29, 0.717) is 17.9 Å². The monoisotopic (exact) mass is 424 g/mol. The van der Waals surface area contributed by atoms with Gasteiger partial charge in [-0.3, -0.25) is 19.9 Å². The number of likely N-dealkylation sites (N-methyl/N-ethyl adjacent to an activating group) is 1. The third-order valence-electron chi connectivity index (χ3n) is 5.39. The van der Waals surface area contributed by atoms with Crippen molar-refractivity contribution >= 4 is 17.8 Å². The first-order chi connectivity index (χ1) is 14.8. The Kier molecular flexibility index (Phi) is 6.60. The van der Waals surface area contributed by atoms with Gasteiger partial charge in [0.2, 0.25) is 0 Å². The highest BCUT2D eigenvalue weighted by molar-refractivity contribution is 6.08. The van der Waals surface area contributed by atoms with Crippen LogP contribution in [0.3, 0.4) is 0 Å². The summed E-state index contributed by atoms with van der Waals surface area (Å²) in [4.78, 5) is 39.7. The van der Waals surface area contributed by atoms with E-state index in [1.54, 1.807) is 45.3 Å². The van der Waals surface area contributed by atoms with Crippen LogP contribution < -0.4 is 15.5 Å². The molecule has 0 aromatic heterocycles. The highest BCUT2D eigenvalue weighted by Crippen LogP contribution is 2.29. The molecule has 0 saturated carbocycles. The van der Waals surface area contributed by atoms with Crippen molar-refractivity contribution in [3.8, 4) is 5.75 Å². The van der Waals surface area contributed by atoms with E-state index in [9.17, 15) is 14.4 Å². The molecule has 4 amide bonds. The summed E-state index contributed by atoms with van der Waals surface area (Å²) in [7, 11) is 3.36. The number of benzene rings is 2. The maximum atomic E-state index is 12.9. The van der Waals surface area contributed by atoms with Crippen molar-refractivity contribution in [2.45, 2.75) is 32.4 Å². The number of hydrogen-bond acceptors (Lipinski definition) is 5. The Bertz CT molecular complexity index is 959. The number of nitrogens with one attached hydrogen (secondary N) is 2. The fraction of sp³-hybridized carbons (Fsp3) is 0.348. The van der Waals surface area contributed by atoms with Gasteiger partial charge in [-0.1, -0.05) is 43.3 Å². The van der Waals surface area contributed by atoms with Gasteiger partial charge in [0.15, 0.2) is 0 Å². The first-order valence-corrected chi connectivity index (χ1v) is 10.1. The number of hydrogen-bond donors (Lipinski definition) is 2. The second kappa shape index (κ2) is 9.18. The molecule has 2 N–H and O–H groups in total. The predicted octanol–water partition coefficient (Wildman–Crippen LogP) is 2.19. The molecule has 1 aliphatic heterocycles. The van der Waals surface area contributed by atoms with Crippen LogP contribution in [0.4, 0.5) is 4.79 Å². The summed E-state index contributed by atoms with van der Waals surface area (Å²) in [5.74, 6) is -0.356. The topological polar surface area (TPSA) is 91.0 Å². The molecule has 1 saturated heterocycles. The number of imide groups is 1. The number of ether oxygens (including phenoxy) is 1. The molecule has 1 aliphatic rings. The lowest BCUT2D eigenvalue weighted by Crippen LogP contribution is -2.50. The second-order valence-electron chi connectivity index (χ2n) is 7.80. The maximum Gasteiger partial charge on any atom is 0.344 e. The molecule has 2 aromatic rings. The minimum absolute atomic E-state index is 0.0336. The number of rotatable bonds is 8. The van der Waals surface area contributed by atoms with Gasteiger partial charge in [-0.05, 0) is 49.2 Å². The van der Waals surface area contributed by atoms with Gasteiger partial charge in [0.25, 0.3) is 11.8 Å². The van der Waals surface area contributed by atoms with E-state index in [4.69, 9.17) is 4.74 Å². The minimum Gasteiger partial charge on any atom is -0.497 e. The Hall–Kier alpha value is -3.39. The number of nitrogens with zero attached hydrogens (tertiary/aromatic N) is 2. The van der Waals surface area contributed by atoms with Crippen LogP contribution in [0.25, 0.3) is 0 Å². The summed E-state index contributed by atoms with van der Waals surface area (Å²) < 4.78 is 5.13. The standard InChI is InChI=1S/C23H28N4O4/c1-5-16-6-8-17(9-7-16)14-26(3)15-20(28)25-27-21(29)23(2,24-22(27)30)18-10-12-19(31-4)13-11-18/h6-13H,5,14-15H2,1-4H3,(H,24,30)(H,25,28). The molecule has 1 unspecified atom stereocenters. The van der Waals surface area contributed by atoms with Gasteiger partial charge in [-0.15, -0.1) is 0 Å². The quantitative estimate of drug-likeness (QED) is 0.634. The van der Waals surface area contributed by atoms with Crippen LogP contribution in [-0.2, 0) is 28.1 Å². The lowest BCUT2D eigenvalue weighted by molar-refractivity contribution is -0.139. The summed E-state index contributed by atoms with van der Waals surface area (Å²) in [5, 5.41) is 3.41. The summed E-state index contributed by atoms with van der Waals surface area (Å²) in [6.45, 7) is 4.31. The Labute approximate surface area is 182 Å². The van der Waals surface area contributed by atoms with Crippen LogP contribution in [-0.4, -0.2) is 48.5 Å². The van der Waals surface area contributed by atoms with E-state index in [1.807, 2.05) is 17.0 Å². The molecular weight excluding hydrogens is 396 g/mol. The molecule has 8 heteroatoms. The van der Waals surface area contributed by atoms with Crippen LogP contribution in [0.2, 0.25) is 0 Å². The molecule has 164 valence electrons. The first-order valence-electron chi connectivity index (χ1n) is 10.1. The van der Waals surface area contributed by atoms with E-state index in [2.05, 4.69) is 29.8 Å². The number of aryl methyl sites for hydroxylation is 1. The maximum absolute atomic E-state index is 12.9. The molecule has 8 nitrogen and oxygen atoms in total. The molecule has 0 radical (unpaired) electrons. The molecule has 1 fully saturated rings. The molecule has 31 heavy (non-hydrogen) atoms. The number of carbonyl (C=O) groups excluding carboxylic acids is 3. The zero-order valence-corrected chi connectivity index (χ0v) is 18.3. The zero-order valence-electron chi connectivity index (χ0n) is 18.3. The van der Waals surface area contributed by atoms with Crippen molar-refractivity contribution in [1.82, 2.24) is 20.7 Å². The number of urea groups is 1. The van der Waals surface area contributed by atoms with Crippen molar-refractivity contribution in [3.05, 3.63) is 65.2 Å². The Morgan fingerprint density at radius 1 is 1.10 bits per heavy atom. The largest absolute Gasteiger partial charge is 0.497 e. The van der Waals surface area contributed by atoms with E-state index >= 15 is 0 Å². The minimum atomic E-state index is -1.27. The SMILES string of the molecule is CCc1ccc(CN(C)CC(=O)NN2C(=O)NC(C)(c3ccc(OC)cc3)C2=O)cc1. The average Bonchev–Trinajstić information content (AvgIpc) is 2.98. The predicted molar refractivity (Wildman–Crippen MR) is 116 cm³/mol. The molecule has 0 aliphatic carbocycles. The number of amides is 4. The number of hydrazine groups is 1. The lowest BCUT2D eigenvalue weighted by atomic mass is 9.92. The zero-order chi connectivity index (χ0) is 22.6. The highest BCUT2D eigenvalue weighted by Gasteiger charge is 2.50. The van der Waals surface area contributed by atoms with Crippen LogP contribution >= 0.6 is 0 Å². The summed E-state index contributed by atoms with van der Waals surface area (Å²) in [6.07, 6.45) is 0.972.